The summed E-state index contributed by atoms with van der Waals surface area (Å²) in [6.07, 6.45) is 0.797. The Bertz CT molecular complexity index is 3230. The number of aromatic nitrogens is 8. The van der Waals surface area contributed by atoms with Gasteiger partial charge in [0.25, 0.3) is 11.1 Å². The fourth-order valence-electron chi connectivity index (χ4n) is 10.6. The standard InChI is InChI=1S/C14H19N5O5.C14H21N3O5.C14H20N2O6.C3H9O4P.C2H7O2P.C2H7OPS/c1-21-5-14-3-4-23-8(9(14)22-2)12(24-14)19-6-16-7-10(19)17-13(15)18-11(7)20;1-8-6-17(13(18)16-11(8)15)12-9-10(20-3)14(22-12,7-19-2)4-5-21-9;1-8-6-16(13(18)15-11(8)17)12-9-10(20-3)14(22-12,7-19-2)4-5-21-9;1-8(5,6)7-3-2-4;1-5(2,3)4;1-4(2,3)5/h6,8-9,12H,3-5H2,1-2H3,(H3,15,17,18,20);6,9-10,12H,4-5,7H2,1-3H3,(H2,15,16,18);6,9-10,12H,4-5,7H2,1-3H3,(H,15,17,18);4H,2-3H2,1H3,(H,5,6);1-2H3,(H,3,4);1-2H3,(H,3,5)/t8-,9?,12+,14+;2*9-,10?,12+,14+;;;/m000.../s1. The van der Waals surface area contributed by atoms with Gasteiger partial charge in [-0.15, -0.1) is 0 Å². The second kappa shape index (κ2) is 30.6. The molecule has 4 unspecified atom stereocenters. The molecular formula is C49H83N10O23P3S. The number of aromatic amines is 2. The number of nitrogens with zero attached hydrogens (tertiary/aromatic N) is 6. The maximum atomic E-state index is 12.2. The fourth-order valence-corrected chi connectivity index (χ4v) is 11.0. The Hall–Kier alpha value is -4.06. The smallest absolute Gasteiger partial charge is 0.351 e. The molecule has 10 N–H and O–H groups in total. The zero-order valence-electron chi connectivity index (χ0n) is 50.3. The first-order chi connectivity index (χ1) is 40.2. The lowest BCUT2D eigenvalue weighted by Crippen LogP contribution is -2.52. The zero-order valence-corrected chi connectivity index (χ0v) is 53.8. The number of anilines is 2. The number of nitrogens with two attached hydrogens (primary N) is 2. The van der Waals surface area contributed by atoms with E-state index < -0.39 is 91.4 Å². The van der Waals surface area contributed by atoms with Crippen molar-refractivity contribution < 1.29 is 90.3 Å². The fraction of sp³-hybridized carbons (Fsp3) is 0.735. The van der Waals surface area contributed by atoms with Crippen molar-refractivity contribution in [2.75, 3.05) is 140 Å². The summed E-state index contributed by atoms with van der Waals surface area (Å²) in [5, 5.41) is 8.07. The third kappa shape index (κ3) is 18.1. The molecule has 0 aromatic carbocycles. The first-order valence-electron chi connectivity index (χ1n) is 26.6. The summed E-state index contributed by atoms with van der Waals surface area (Å²) in [4.78, 5) is 89.6. The lowest BCUT2D eigenvalue weighted by Gasteiger charge is -2.37. The van der Waals surface area contributed by atoms with Crippen LogP contribution in [-0.4, -0.2) is 241 Å². The number of aliphatic hydroxyl groups excluding tert-OH is 1. The van der Waals surface area contributed by atoms with Gasteiger partial charge in [-0.1, -0.05) is 11.8 Å². The number of nitrogens with one attached hydrogen (secondary N) is 2. The van der Waals surface area contributed by atoms with E-state index in [9.17, 15) is 28.3 Å². The molecule has 0 saturated carbocycles. The number of rotatable bonds is 15. The SMILES string of the molecule is COC[C@]12CCO[C@@H](C1OC)[C@H](n1cc(C)c(=O)[nH]c1=O)O2.COC[C@]12CCO[C@@H](C1OC)[C@H](n1cc(C)c(N)nc1=O)O2.COC[C@]12CCO[C@@H](C1OC)[C@H](n1cnc3c(=O)[nH]c(N)nc31)O2.CP(=O)(O)OCCO.CP(C)(=O)O.CP(C)(O)=S. The van der Waals surface area contributed by atoms with E-state index in [1.807, 2.05) is 0 Å². The predicted molar refractivity (Wildman–Crippen MR) is 315 cm³/mol. The van der Waals surface area contributed by atoms with Crippen LogP contribution in [0, 0.1) is 13.8 Å². The number of hydrogen-bond donors (Lipinski definition) is 8. The van der Waals surface area contributed by atoms with Crippen molar-refractivity contribution in [3.63, 3.8) is 0 Å². The number of hydrogen-bond acceptors (Lipinski definition) is 26. The van der Waals surface area contributed by atoms with Crippen LogP contribution in [0.3, 0.4) is 0 Å². The molecule has 0 spiro atoms. The Balaban J connectivity index is 0.000000206. The maximum absolute atomic E-state index is 12.2. The number of methoxy groups -OCH3 is 6. The van der Waals surface area contributed by atoms with E-state index in [1.165, 1.54) is 35.0 Å². The third-order valence-corrected chi connectivity index (χ3v) is 14.5. The van der Waals surface area contributed by atoms with E-state index in [-0.39, 0.29) is 54.9 Å². The highest BCUT2D eigenvalue weighted by molar-refractivity contribution is 8.11. The van der Waals surface area contributed by atoms with E-state index in [1.54, 1.807) is 80.6 Å². The Morgan fingerprint density at radius 2 is 1.07 bits per heavy atom. The number of imidazole rings is 1. The summed E-state index contributed by atoms with van der Waals surface area (Å²) in [7, 11) is 3.67. The van der Waals surface area contributed by atoms with Gasteiger partial charge in [0.15, 0.2) is 37.2 Å². The molecule has 488 valence electrons. The van der Waals surface area contributed by atoms with Gasteiger partial charge in [0.2, 0.25) is 5.95 Å². The predicted octanol–water partition coefficient (Wildman–Crippen LogP) is -0.206. The molecule has 6 saturated heterocycles. The maximum Gasteiger partial charge on any atom is 0.351 e. The topological polar surface area (TPSA) is 440 Å². The van der Waals surface area contributed by atoms with Crippen molar-refractivity contribution in [2.45, 2.75) is 105 Å². The van der Waals surface area contributed by atoms with E-state index in [0.717, 1.165) is 6.66 Å². The molecule has 33 nitrogen and oxygen atoms in total. The summed E-state index contributed by atoms with van der Waals surface area (Å²) in [5.74, 6) is 0.240. The number of fused-ring (bicyclic) bond motifs is 7. The average Bonchev–Trinajstić information content (AvgIpc) is 1.62. The van der Waals surface area contributed by atoms with Crippen molar-refractivity contribution in [3.8, 4) is 0 Å². The van der Waals surface area contributed by atoms with Crippen LogP contribution < -0.4 is 34.0 Å². The van der Waals surface area contributed by atoms with Crippen LogP contribution in [0.15, 0.2) is 37.9 Å². The molecule has 0 amide bonds. The normalized spacial score (nSPS) is 29.5. The largest absolute Gasteiger partial charge is 0.394 e. The van der Waals surface area contributed by atoms with Gasteiger partial charge in [-0.25, -0.2) is 14.6 Å². The van der Waals surface area contributed by atoms with Gasteiger partial charge in [-0.2, -0.15) is 9.97 Å². The molecule has 6 aliphatic heterocycles. The van der Waals surface area contributed by atoms with Gasteiger partial charge in [0.1, 0.15) is 59.2 Å². The van der Waals surface area contributed by atoms with Gasteiger partial charge in [-0.05, 0) is 27.2 Å². The highest BCUT2D eigenvalue weighted by Gasteiger charge is 2.62. The highest BCUT2D eigenvalue weighted by atomic mass is 32.4. The molecule has 37 heteroatoms. The van der Waals surface area contributed by atoms with Crippen LogP contribution in [0.2, 0.25) is 0 Å². The van der Waals surface area contributed by atoms with Crippen molar-refractivity contribution in [1.82, 2.24) is 38.6 Å². The lowest BCUT2D eigenvalue weighted by molar-refractivity contribution is -0.159. The summed E-state index contributed by atoms with van der Waals surface area (Å²) in [6.45, 7) is 12.8. The average molecular weight is 1310 g/mol. The molecule has 4 aromatic rings. The zero-order chi connectivity index (χ0) is 64.3. The van der Waals surface area contributed by atoms with E-state index in [0.29, 0.717) is 75.7 Å². The molecule has 10 rings (SSSR count). The summed E-state index contributed by atoms with van der Waals surface area (Å²) < 4.78 is 97.5. The Kier molecular flexibility index (Phi) is 25.9. The van der Waals surface area contributed by atoms with Crippen LogP contribution in [0.1, 0.15) is 49.1 Å². The molecule has 6 bridgehead atoms. The van der Waals surface area contributed by atoms with Gasteiger partial charge in [0.05, 0.1) is 65.4 Å². The van der Waals surface area contributed by atoms with Gasteiger partial charge in [0, 0.05) is 105 Å². The Labute approximate surface area is 500 Å². The first-order valence-corrected chi connectivity index (χ1v) is 34.9. The van der Waals surface area contributed by atoms with Crippen LogP contribution in [0.5, 0.6) is 0 Å². The minimum Gasteiger partial charge on any atom is -0.394 e. The molecule has 6 fully saturated rings. The summed E-state index contributed by atoms with van der Waals surface area (Å²) in [6, 6.07) is 0. The highest BCUT2D eigenvalue weighted by Crippen LogP contribution is 2.48. The molecule has 10 heterocycles. The lowest BCUT2D eigenvalue weighted by atomic mass is 9.90. The van der Waals surface area contributed by atoms with Crippen LogP contribution in [-0.2, 0) is 82.3 Å². The monoisotopic (exact) mass is 1300 g/mol. The molecule has 0 aliphatic carbocycles. The third-order valence-electron chi connectivity index (χ3n) is 13.8. The number of H-pyrrole nitrogens is 2. The van der Waals surface area contributed by atoms with Crippen LogP contribution in [0.25, 0.3) is 11.2 Å². The molecule has 6 aliphatic rings. The Morgan fingerprint density at radius 3 is 1.45 bits per heavy atom. The molecule has 0 radical (unpaired) electrons. The van der Waals surface area contributed by atoms with Gasteiger partial charge < -0.3 is 92.6 Å². The number of ether oxygens (including phenoxy) is 12. The minimum atomic E-state index is -3.34. The first kappa shape index (κ1) is 72.7. The summed E-state index contributed by atoms with van der Waals surface area (Å²) >= 11 is 4.49. The second-order valence-electron chi connectivity index (χ2n) is 21.4. The van der Waals surface area contributed by atoms with E-state index in [4.69, 9.17) is 88.1 Å². The van der Waals surface area contributed by atoms with E-state index >= 15 is 0 Å². The number of aryl methyl sites for hydroxylation is 2. The second-order valence-corrected chi connectivity index (χ2v) is 31.2. The van der Waals surface area contributed by atoms with E-state index in [2.05, 4.69) is 41.3 Å². The summed E-state index contributed by atoms with van der Waals surface area (Å²) in [5.41, 5.74) is 9.35. The quantitative estimate of drug-likeness (QED) is 0.0714. The van der Waals surface area contributed by atoms with Gasteiger partial charge in [-0.3, -0.25) is 42.4 Å². The van der Waals surface area contributed by atoms with Crippen molar-refractivity contribution in [3.05, 3.63) is 71.5 Å². The number of aliphatic hydroxyl groups is 1. The van der Waals surface area contributed by atoms with Gasteiger partial charge >= 0.3 is 19.0 Å². The van der Waals surface area contributed by atoms with Crippen molar-refractivity contribution >= 4 is 56.0 Å². The van der Waals surface area contributed by atoms with Crippen molar-refractivity contribution in [2.24, 2.45) is 0 Å². The minimum absolute atomic E-state index is 0.0195. The molecule has 4 aromatic heterocycles. The van der Waals surface area contributed by atoms with Crippen molar-refractivity contribution in [1.29, 1.82) is 0 Å². The molecule has 13 atom stereocenters. The molecule has 86 heavy (non-hydrogen) atoms. The van der Waals surface area contributed by atoms with Crippen LogP contribution in [0.4, 0.5) is 11.8 Å². The van der Waals surface area contributed by atoms with Crippen LogP contribution >= 0.6 is 21.2 Å². The molecular weight excluding hydrogens is 1220 g/mol. The Morgan fingerprint density at radius 1 is 0.663 bits per heavy atom. The number of nitrogen functional groups attached to an aromatic ring is 2.